The van der Waals surface area contributed by atoms with Gasteiger partial charge in [0.25, 0.3) is 0 Å². The number of rotatable bonds is 2. The van der Waals surface area contributed by atoms with Crippen molar-refractivity contribution in [3.8, 4) is 0 Å². The average Bonchev–Trinajstić information content (AvgIpc) is 2.38. The van der Waals surface area contributed by atoms with E-state index in [0.717, 1.165) is 10.0 Å². The quantitative estimate of drug-likeness (QED) is 0.853. The first-order valence-corrected chi connectivity index (χ1v) is 6.85. The highest BCUT2D eigenvalue weighted by molar-refractivity contribution is 9.10. The van der Waals surface area contributed by atoms with E-state index >= 15 is 0 Å². The molecule has 4 heteroatoms. The van der Waals surface area contributed by atoms with E-state index in [0.29, 0.717) is 25.9 Å². The SMILES string of the molecule is O=C(/C=C/c1ccc(Br)cc1)N1CCC(O)CC1. The zero-order valence-electron chi connectivity index (χ0n) is 10.1. The molecular formula is C14H16BrNO2. The zero-order valence-corrected chi connectivity index (χ0v) is 11.6. The Labute approximate surface area is 115 Å². The minimum atomic E-state index is -0.246. The van der Waals surface area contributed by atoms with E-state index in [1.807, 2.05) is 30.3 Å². The first kappa shape index (κ1) is 13.3. The summed E-state index contributed by atoms with van der Waals surface area (Å²) in [6.07, 6.45) is 4.53. The molecule has 1 saturated heterocycles. The van der Waals surface area contributed by atoms with E-state index in [1.54, 1.807) is 11.0 Å². The Morgan fingerprint density at radius 2 is 1.89 bits per heavy atom. The van der Waals surface area contributed by atoms with Gasteiger partial charge in [-0.25, -0.2) is 0 Å². The lowest BCUT2D eigenvalue weighted by Gasteiger charge is -2.28. The normalized spacial score (nSPS) is 17.3. The van der Waals surface area contributed by atoms with Crippen molar-refractivity contribution in [3.05, 3.63) is 40.4 Å². The van der Waals surface area contributed by atoms with Gasteiger partial charge in [0.2, 0.25) is 5.91 Å². The molecule has 1 aliphatic heterocycles. The highest BCUT2D eigenvalue weighted by Crippen LogP contribution is 2.13. The molecule has 1 aromatic carbocycles. The van der Waals surface area contributed by atoms with Gasteiger partial charge in [-0.05, 0) is 36.6 Å². The summed E-state index contributed by atoms with van der Waals surface area (Å²) in [5.74, 6) is 0.0184. The zero-order chi connectivity index (χ0) is 13.0. The van der Waals surface area contributed by atoms with Gasteiger partial charge in [0, 0.05) is 23.6 Å². The molecule has 0 atom stereocenters. The smallest absolute Gasteiger partial charge is 0.246 e. The number of likely N-dealkylation sites (tertiary alicyclic amines) is 1. The Balaban J connectivity index is 1.92. The van der Waals surface area contributed by atoms with E-state index in [-0.39, 0.29) is 12.0 Å². The summed E-state index contributed by atoms with van der Waals surface area (Å²) in [5, 5.41) is 9.38. The number of amides is 1. The van der Waals surface area contributed by atoms with E-state index in [9.17, 15) is 9.90 Å². The van der Waals surface area contributed by atoms with Gasteiger partial charge in [-0.15, -0.1) is 0 Å². The maximum absolute atomic E-state index is 11.9. The van der Waals surface area contributed by atoms with E-state index in [1.165, 1.54) is 0 Å². The molecule has 1 heterocycles. The number of nitrogens with zero attached hydrogens (tertiary/aromatic N) is 1. The van der Waals surface area contributed by atoms with Gasteiger partial charge in [-0.2, -0.15) is 0 Å². The third-order valence-corrected chi connectivity index (χ3v) is 3.59. The van der Waals surface area contributed by atoms with Gasteiger partial charge in [0.1, 0.15) is 0 Å². The van der Waals surface area contributed by atoms with Crippen LogP contribution in [0, 0.1) is 0 Å². The number of hydrogen-bond donors (Lipinski definition) is 1. The lowest BCUT2D eigenvalue weighted by atomic mass is 10.1. The summed E-state index contributed by atoms with van der Waals surface area (Å²) in [6.45, 7) is 1.29. The highest BCUT2D eigenvalue weighted by Gasteiger charge is 2.19. The topological polar surface area (TPSA) is 40.5 Å². The number of benzene rings is 1. The van der Waals surface area contributed by atoms with Crippen LogP contribution in [0.1, 0.15) is 18.4 Å². The second-order valence-electron chi connectivity index (χ2n) is 4.44. The molecule has 0 unspecified atom stereocenters. The maximum atomic E-state index is 11.9. The molecule has 1 fully saturated rings. The molecule has 2 rings (SSSR count). The Kier molecular flexibility index (Phi) is 4.55. The molecular weight excluding hydrogens is 294 g/mol. The fourth-order valence-corrected chi connectivity index (χ4v) is 2.20. The fraction of sp³-hybridized carbons (Fsp3) is 0.357. The largest absolute Gasteiger partial charge is 0.393 e. The molecule has 96 valence electrons. The first-order valence-electron chi connectivity index (χ1n) is 6.06. The summed E-state index contributed by atoms with van der Waals surface area (Å²) in [5.41, 5.74) is 1.00. The summed E-state index contributed by atoms with van der Waals surface area (Å²) < 4.78 is 1.02. The van der Waals surface area contributed by atoms with Crippen LogP contribution in [0.4, 0.5) is 0 Å². The van der Waals surface area contributed by atoms with Crippen molar-refractivity contribution < 1.29 is 9.90 Å². The van der Waals surface area contributed by atoms with Crippen LogP contribution in [0.25, 0.3) is 6.08 Å². The molecule has 1 amide bonds. The van der Waals surface area contributed by atoms with Crippen LogP contribution in [0.15, 0.2) is 34.8 Å². The van der Waals surface area contributed by atoms with Crippen LogP contribution in [-0.2, 0) is 4.79 Å². The second kappa shape index (κ2) is 6.16. The first-order chi connectivity index (χ1) is 8.65. The van der Waals surface area contributed by atoms with Crippen LogP contribution in [0.2, 0.25) is 0 Å². The Morgan fingerprint density at radius 1 is 1.28 bits per heavy atom. The van der Waals surface area contributed by atoms with Gasteiger partial charge in [0.05, 0.1) is 6.10 Å². The van der Waals surface area contributed by atoms with Crippen molar-refractivity contribution >= 4 is 27.9 Å². The molecule has 0 aromatic heterocycles. The van der Waals surface area contributed by atoms with Crippen molar-refractivity contribution in [3.63, 3.8) is 0 Å². The summed E-state index contributed by atoms with van der Waals surface area (Å²) >= 11 is 3.37. The maximum Gasteiger partial charge on any atom is 0.246 e. The molecule has 3 nitrogen and oxygen atoms in total. The standard InChI is InChI=1S/C14H16BrNO2/c15-12-4-1-11(2-5-12)3-6-14(18)16-9-7-13(17)8-10-16/h1-6,13,17H,7-10H2/b6-3+. The summed E-state index contributed by atoms with van der Waals surface area (Å²) in [6, 6.07) is 7.80. The third-order valence-electron chi connectivity index (χ3n) is 3.06. The van der Waals surface area contributed by atoms with E-state index in [2.05, 4.69) is 15.9 Å². The Morgan fingerprint density at radius 3 is 2.50 bits per heavy atom. The van der Waals surface area contributed by atoms with Crippen molar-refractivity contribution in [2.75, 3.05) is 13.1 Å². The van der Waals surface area contributed by atoms with Crippen molar-refractivity contribution in [1.82, 2.24) is 4.90 Å². The lowest BCUT2D eigenvalue weighted by molar-refractivity contribution is -0.127. The van der Waals surface area contributed by atoms with Crippen molar-refractivity contribution in [2.24, 2.45) is 0 Å². The lowest BCUT2D eigenvalue weighted by Crippen LogP contribution is -2.39. The van der Waals surface area contributed by atoms with E-state index < -0.39 is 0 Å². The molecule has 1 aromatic rings. The predicted molar refractivity (Wildman–Crippen MR) is 75.0 cm³/mol. The predicted octanol–water partition coefficient (Wildman–Crippen LogP) is 2.45. The van der Waals surface area contributed by atoms with Crippen molar-refractivity contribution in [2.45, 2.75) is 18.9 Å². The number of aliphatic hydroxyl groups excluding tert-OH is 1. The molecule has 0 bridgehead atoms. The number of piperidine rings is 1. The molecule has 18 heavy (non-hydrogen) atoms. The van der Waals surface area contributed by atoms with Gasteiger partial charge in [-0.1, -0.05) is 28.1 Å². The minimum absolute atomic E-state index is 0.0184. The molecule has 1 aliphatic rings. The van der Waals surface area contributed by atoms with E-state index in [4.69, 9.17) is 0 Å². The number of hydrogen-bond acceptors (Lipinski definition) is 2. The number of carbonyl (C=O) groups excluding carboxylic acids is 1. The van der Waals surface area contributed by atoms with Crippen LogP contribution >= 0.6 is 15.9 Å². The monoisotopic (exact) mass is 309 g/mol. The van der Waals surface area contributed by atoms with Crippen molar-refractivity contribution in [1.29, 1.82) is 0 Å². The van der Waals surface area contributed by atoms with Gasteiger partial charge in [0.15, 0.2) is 0 Å². The van der Waals surface area contributed by atoms with Crippen LogP contribution in [-0.4, -0.2) is 35.1 Å². The van der Waals surface area contributed by atoms with Gasteiger partial charge < -0.3 is 10.0 Å². The third kappa shape index (κ3) is 3.68. The molecule has 0 aliphatic carbocycles. The molecule has 0 radical (unpaired) electrons. The Bertz CT molecular complexity index is 434. The molecule has 1 N–H and O–H groups in total. The number of halogens is 1. The molecule has 0 saturated carbocycles. The minimum Gasteiger partial charge on any atom is -0.393 e. The van der Waals surface area contributed by atoms with Crippen LogP contribution < -0.4 is 0 Å². The summed E-state index contributed by atoms with van der Waals surface area (Å²) in [7, 11) is 0. The summed E-state index contributed by atoms with van der Waals surface area (Å²) in [4.78, 5) is 13.7. The Hall–Kier alpha value is -1.13. The average molecular weight is 310 g/mol. The highest BCUT2D eigenvalue weighted by atomic mass is 79.9. The fourth-order valence-electron chi connectivity index (χ4n) is 1.93. The van der Waals surface area contributed by atoms with Gasteiger partial charge >= 0.3 is 0 Å². The second-order valence-corrected chi connectivity index (χ2v) is 5.36. The van der Waals surface area contributed by atoms with Crippen LogP contribution in [0.5, 0.6) is 0 Å². The molecule has 0 spiro atoms. The van der Waals surface area contributed by atoms with Crippen LogP contribution in [0.3, 0.4) is 0 Å². The van der Waals surface area contributed by atoms with Gasteiger partial charge in [-0.3, -0.25) is 4.79 Å². The number of aliphatic hydroxyl groups is 1. The number of carbonyl (C=O) groups is 1.